The fourth-order valence-corrected chi connectivity index (χ4v) is 5.25. The maximum atomic E-state index is 14.7. The number of anilines is 1. The number of hydrogen-bond donors (Lipinski definition) is 1. The van der Waals surface area contributed by atoms with Gasteiger partial charge in [-0.05, 0) is 49.4 Å². The molecule has 0 bridgehead atoms. The molecule has 0 aliphatic carbocycles. The molecule has 2 aromatic carbocycles. The number of halogens is 3. The molecule has 0 saturated carbocycles. The average Bonchev–Trinajstić information content (AvgIpc) is 2.77. The Bertz CT molecular complexity index is 1050. The van der Waals surface area contributed by atoms with E-state index in [9.17, 15) is 17.6 Å². The predicted molar refractivity (Wildman–Crippen MR) is 129 cm³/mol. The molecule has 2 aromatic rings. The number of nitrogens with one attached hydrogen (secondary N) is 1. The quantitative estimate of drug-likeness (QED) is 0.573. The highest BCUT2D eigenvalue weighted by molar-refractivity contribution is 7.93. The lowest BCUT2D eigenvalue weighted by Gasteiger charge is -2.31. The topological polar surface area (TPSA) is 79.0 Å². The molecule has 1 aliphatic rings. The number of morpholine rings is 1. The van der Waals surface area contributed by atoms with Crippen molar-refractivity contribution in [1.82, 2.24) is 10.2 Å². The molecule has 11 heteroatoms. The van der Waals surface area contributed by atoms with Crippen molar-refractivity contribution < 1.29 is 22.3 Å². The molecular weight excluding hydrogens is 492 g/mol. The largest absolute Gasteiger partial charge is 0.379 e. The van der Waals surface area contributed by atoms with Gasteiger partial charge in [-0.2, -0.15) is 0 Å². The number of nitrogens with zero attached hydrogens (tertiary/aromatic N) is 2. The van der Waals surface area contributed by atoms with Crippen LogP contribution in [0.5, 0.6) is 0 Å². The second-order valence-corrected chi connectivity index (χ2v) is 9.96. The summed E-state index contributed by atoms with van der Waals surface area (Å²) in [6, 6.07) is 7.73. The van der Waals surface area contributed by atoms with Crippen molar-refractivity contribution in [3.63, 3.8) is 0 Å². The van der Waals surface area contributed by atoms with E-state index in [1.165, 1.54) is 43.3 Å². The number of carbonyl (C=O) groups is 1. The van der Waals surface area contributed by atoms with E-state index < -0.39 is 27.8 Å². The van der Waals surface area contributed by atoms with Crippen molar-refractivity contribution in [3.8, 4) is 0 Å². The van der Waals surface area contributed by atoms with Crippen LogP contribution in [0.25, 0.3) is 0 Å². The highest BCUT2D eigenvalue weighted by Crippen LogP contribution is 2.31. The maximum absolute atomic E-state index is 14.7. The lowest BCUT2D eigenvalue weighted by Crippen LogP contribution is -2.50. The smallest absolute Gasteiger partial charge is 0.265 e. The summed E-state index contributed by atoms with van der Waals surface area (Å²) in [5.74, 6) is -1.38. The Labute approximate surface area is 204 Å². The zero-order chi connectivity index (χ0) is 23.3. The number of benzene rings is 2. The summed E-state index contributed by atoms with van der Waals surface area (Å²) in [4.78, 5) is 14.9. The first-order valence-electron chi connectivity index (χ1n) is 10.0. The van der Waals surface area contributed by atoms with Gasteiger partial charge in [0, 0.05) is 36.2 Å². The van der Waals surface area contributed by atoms with Gasteiger partial charge in [0.2, 0.25) is 5.91 Å². The molecule has 33 heavy (non-hydrogen) atoms. The number of carbonyl (C=O) groups excluding carboxylic acids is 1. The molecule has 1 N–H and O–H groups in total. The van der Waals surface area contributed by atoms with Crippen molar-refractivity contribution in [2.24, 2.45) is 0 Å². The Hall–Kier alpha value is -1.91. The summed E-state index contributed by atoms with van der Waals surface area (Å²) in [7, 11) is -4.31. The molecule has 1 amide bonds. The second-order valence-electron chi connectivity index (χ2n) is 7.27. The average molecular weight is 520 g/mol. The Balaban J connectivity index is 0.00000385. The molecule has 0 unspecified atom stereocenters. The molecule has 1 aliphatic heterocycles. The van der Waals surface area contributed by atoms with Gasteiger partial charge in [0.1, 0.15) is 11.9 Å². The molecule has 0 spiro atoms. The number of amides is 1. The SMILES string of the molecule is C.C[C@H](C(=O)NCCN1CCOCC1)N(c1cc(Cl)ccc1F)S(=O)(=O)c1ccc(Cl)cc1. The molecule has 1 heterocycles. The van der Waals surface area contributed by atoms with E-state index in [0.29, 0.717) is 31.3 Å². The van der Waals surface area contributed by atoms with Crippen LogP contribution < -0.4 is 9.62 Å². The number of hydrogen-bond acceptors (Lipinski definition) is 5. The van der Waals surface area contributed by atoms with Crippen molar-refractivity contribution >= 4 is 44.8 Å². The molecule has 182 valence electrons. The van der Waals surface area contributed by atoms with Crippen LogP contribution in [-0.4, -0.2) is 64.7 Å². The van der Waals surface area contributed by atoms with Crippen LogP contribution in [-0.2, 0) is 19.6 Å². The summed E-state index contributed by atoms with van der Waals surface area (Å²) in [5, 5.41) is 3.23. The Morgan fingerprint density at radius 3 is 2.39 bits per heavy atom. The molecule has 1 saturated heterocycles. The highest BCUT2D eigenvalue weighted by atomic mass is 35.5. The summed E-state index contributed by atoms with van der Waals surface area (Å²) < 4.78 is 47.7. The van der Waals surface area contributed by atoms with Crippen LogP contribution >= 0.6 is 23.2 Å². The first-order chi connectivity index (χ1) is 15.2. The standard InChI is InChI=1S/C21H24Cl2FN3O4S.CH4/c1-15(21(28)25-8-9-26-10-12-31-13-11-26)27(20-14-17(23)4-7-19(20)24)32(29,30)18-5-2-16(22)3-6-18;/h2-7,14-15H,8-13H2,1H3,(H,25,28);1H4/t15-;/m1./s1. The van der Waals surface area contributed by atoms with E-state index >= 15 is 0 Å². The van der Waals surface area contributed by atoms with Gasteiger partial charge < -0.3 is 10.1 Å². The van der Waals surface area contributed by atoms with Gasteiger partial charge >= 0.3 is 0 Å². The van der Waals surface area contributed by atoms with Crippen molar-refractivity contribution in [2.45, 2.75) is 25.3 Å². The van der Waals surface area contributed by atoms with Crippen molar-refractivity contribution in [1.29, 1.82) is 0 Å². The molecule has 1 fully saturated rings. The summed E-state index contributed by atoms with van der Waals surface area (Å²) in [6.07, 6.45) is 0. The summed E-state index contributed by atoms with van der Waals surface area (Å²) in [6.45, 7) is 5.09. The minimum absolute atomic E-state index is 0. The van der Waals surface area contributed by atoms with Gasteiger partial charge in [0.15, 0.2) is 0 Å². The van der Waals surface area contributed by atoms with Gasteiger partial charge in [0.05, 0.1) is 23.8 Å². The lowest BCUT2D eigenvalue weighted by atomic mass is 10.2. The van der Waals surface area contributed by atoms with Gasteiger partial charge in [-0.15, -0.1) is 0 Å². The summed E-state index contributed by atoms with van der Waals surface area (Å²) in [5.41, 5.74) is -0.316. The van der Waals surface area contributed by atoms with E-state index in [2.05, 4.69) is 10.2 Å². The van der Waals surface area contributed by atoms with E-state index in [1.54, 1.807) is 0 Å². The zero-order valence-corrected chi connectivity index (χ0v) is 19.8. The van der Waals surface area contributed by atoms with E-state index in [4.69, 9.17) is 27.9 Å². The molecule has 7 nitrogen and oxygen atoms in total. The number of sulfonamides is 1. The van der Waals surface area contributed by atoms with Crippen LogP contribution in [0.2, 0.25) is 10.0 Å². The van der Waals surface area contributed by atoms with Gasteiger partial charge in [0.25, 0.3) is 10.0 Å². The maximum Gasteiger partial charge on any atom is 0.265 e. The normalized spacial score (nSPS) is 15.4. The third kappa shape index (κ3) is 6.80. The Kier molecular flexibility index (Phi) is 9.93. The Morgan fingerprint density at radius 1 is 1.15 bits per heavy atom. The monoisotopic (exact) mass is 519 g/mol. The van der Waals surface area contributed by atoms with Crippen LogP contribution in [0.3, 0.4) is 0 Å². The fourth-order valence-electron chi connectivity index (χ4n) is 3.34. The Morgan fingerprint density at radius 2 is 1.76 bits per heavy atom. The highest BCUT2D eigenvalue weighted by Gasteiger charge is 2.35. The molecular formula is C22H28Cl2FN3O4S. The van der Waals surface area contributed by atoms with Gasteiger partial charge in [-0.1, -0.05) is 30.6 Å². The van der Waals surface area contributed by atoms with Crippen LogP contribution in [0.4, 0.5) is 10.1 Å². The lowest BCUT2D eigenvalue weighted by molar-refractivity contribution is -0.121. The third-order valence-electron chi connectivity index (χ3n) is 5.08. The molecule has 1 atom stereocenters. The van der Waals surface area contributed by atoms with E-state index in [-0.39, 0.29) is 23.0 Å². The predicted octanol–water partition coefficient (Wildman–Crippen LogP) is 3.80. The minimum atomic E-state index is -4.31. The molecule has 0 aromatic heterocycles. The summed E-state index contributed by atoms with van der Waals surface area (Å²) >= 11 is 11.9. The first kappa shape index (κ1) is 27.3. The number of ether oxygens (including phenoxy) is 1. The van der Waals surface area contributed by atoms with Crippen LogP contribution in [0, 0.1) is 5.82 Å². The second kappa shape index (κ2) is 12.0. The fraction of sp³-hybridized carbons (Fsp3) is 0.409. The van der Waals surface area contributed by atoms with Crippen LogP contribution in [0.1, 0.15) is 14.4 Å². The molecule has 3 rings (SSSR count). The minimum Gasteiger partial charge on any atom is -0.379 e. The van der Waals surface area contributed by atoms with Crippen LogP contribution in [0.15, 0.2) is 47.4 Å². The first-order valence-corrected chi connectivity index (χ1v) is 12.2. The third-order valence-corrected chi connectivity index (χ3v) is 7.46. The van der Waals surface area contributed by atoms with Gasteiger partial charge in [-0.25, -0.2) is 12.8 Å². The molecule has 0 radical (unpaired) electrons. The van der Waals surface area contributed by atoms with Crippen molar-refractivity contribution in [3.05, 3.63) is 58.3 Å². The van der Waals surface area contributed by atoms with E-state index in [1.807, 2.05) is 0 Å². The van der Waals surface area contributed by atoms with Crippen molar-refractivity contribution in [2.75, 3.05) is 43.7 Å². The van der Waals surface area contributed by atoms with Gasteiger partial charge in [-0.3, -0.25) is 14.0 Å². The van der Waals surface area contributed by atoms with E-state index in [0.717, 1.165) is 23.5 Å². The zero-order valence-electron chi connectivity index (χ0n) is 17.4. The number of rotatable bonds is 8.